The van der Waals surface area contributed by atoms with E-state index >= 15 is 0 Å². The molecule has 0 saturated heterocycles. The van der Waals surface area contributed by atoms with Crippen LogP contribution in [-0.4, -0.2) is 15.0 Å². The van der Waals surface area contributed by atoms with E-state index in [1.807, 2.05) is 25.1 Å². The third-order valence-electron chi connectivity index (χ3n) is 3.09. The van der Waals surface area contributed by atoms with Gasteiger partial charge >= 0.3 is 0 Å². The fourth-order valence-electron chi connectivity index (χ4n) is 2.07. The first-order valence-corrected chi connectivity index (χ1v) is 6.83. The van der Waals surface area contributed by atoms with Crippen molar-refractivity contribution >= 4 is 5.95 Å². The zero-order chi connectivity index (χ0) is 16.2. The van der Waals surface area contributed by atoms with Crippen LogP contribution in [0.2, 0.25) is 0 Å². The Balaban J connectivity index is 1.94. The van der Waals surface area contributed by atoms with Crippen molar-refractivity contribution in [3.05, 3.63) is 53.5 Å². The predicted molar refractivity (Wildman–Crippen MR) is 82.2 cm³/mol. The Morgan fingerprint density at radius 1 is 1.35 bits per heavy atom. The van der Waals surface area contributed by atoms with Crippen LogP contribution in [0.5, 0.6) is 5.88 Å². The van der Waals surface area contributed by atoms with Crippen LogP contribution in [0.15, 0.2) is 41.1 Å². The van der Waals surface area contributed by atoms with Crippen molar-refractivity contribution in [2.24, 2.45) is 0 Å². The Kier molecular flexibility index (Phi) is 3.89. The third kappa shape index (κ3) is 3.11. The molecule has 23 heavy (non-hydrogen) atoms. The Labute approximate surface area is 132 Å². The lowest BCUT2D eigenvalue weighted by Gasteiger charge is -2.09. The highest BCUT2D eigenvalue weighted by Gasteiger charge is 2.18. The summed E-state index contributed by atoms with van der Waals surface area (Å²) in [5.41, 5.74) is 7.98. The van der Waals surface area contributed by atoms with Gasteiger partial charge < -0.3 is 14.9 Å². The molecule has 0 fully saturated rings. The Bertz CT molecular complexity index is 869. The van der Waals surface area contributed by atoms with Gasteiger partial charge in [0.15, 0.2) is 5.76 Å². The molecule has 3 aromatic heterocycles. The Hall–Kier alpha value is -3.40. The van der Waals surface area contributed by atoms with Crippen molar-refractivity contribution in [1.82, 2.24) is 15.0 Å². The van der Waals surface area contributed by atoms with Crippen molar-refractivity contribution in [1.29, 1.82) is 5.26 Å². The molecule has 2 N–H and O–H groups in total. The monoisotopic (exact) mass is 307 g/mol. The molecule has 3 rings (SSSR count). The fourth-order valence-corrected chi connectivity index (χ4v) is 2.07. The molecule has 114 valence electrons. The summed E-state index contributed by atoms with van der Waals surface area (Å²) in [4.78, 5) is 12.3. The second-order valence-corrected chi connectivity index (χ2v) is 4.81. The molecule has 0 radical (unpaired) electrons. The van der Waals surface area contributed by atoms with Gasteiger partial charge in [0, 0.05) is 6.20 Å². The fraction of sp³-hybridized carbons (Fsp3) is 0.125. The number of ether oxygens (including phenoxy) is 1. The van der Waals surface area contributed by atoms with E-state index in [0.717, 1.165) is 11.3 Å². The Morgan fingerprint density at radius 3 is 2.91 bits per heavy atom. The summed E-state index contributed by atoms with van der Waals surface area (Å²) in [5.74, 6) is 0.534. The molecule has 0 amide bonds. The highest BCUT2D eigenvalue weighted by atomic mass is 16.5. The number of hydrogen-bond acceptors (Lipinski definition) is 7. The van der Waals surface area contributed by atoms with E-state index in [-0.39, 0.29) is 24.0 Å². The molecule has 0 unspecified atom stereocenters. The largest absolute Gasteiger partial charge is 0.470 e. The second kappa shape index (κ2) is 6.15. The summed E-state index contributed by atoms with van der Waals surface area (Å²) in [7, 11) is 0. The van der Waals surface area contributed by atoms with Crippen molar-refractivity contribution in [3.63, 3.8) is 0 Å². The van der Waals surface area contributed by atoms with Gasteiger partial charge in [0.1, 0.15) is 23.9 Å². The quantitative estimate of drug-likeness (QED) is 0.788. The van der Waals surface area contributed by atoms with Crippen molar-refractivity contribution < 1.29 is 9.15 Å². The first-order chi connectivity index (χ1) is 11.2. The molecule has 3 aromatic rings. The minimum atomic E-state index is 0.00241. The van der Waals surface area contributed by atoms with E-state index < -0.39 is 0 Å². The summed E-state index contributed by atoms with van der Waals surface area (Å²) >= 11 is 0. The van der Waals surface area contributed by atoms with Crippen LogP contribution < -0.4 is 10.5 Å². The van der Waals surface area contributed by atoms with E-state index in [9.17, 15) is 5.26 Å². The Morgan fingerprint density at radius 2 is 2.22 bits per heavy atom. The van der Waals surface area contributed by atoms with Gasteiger partial charge in [-0.15, -0.1) is 0 Å². The average molecular weight is 307 g/mol. The number of hydrogen-bond donors (Lipinski definition) is 1. The molecule has 0 aromatic carbocycles. The van der Waals surface area contributed by atoms with Crippen LogP contribution in [0.1, 0.15) is 16.8 Å². The topological polar surface area (TPSA) is 111 Å². The molecule has 0 saturated carbocycles. The highest BCUT2D eigenvalue weighted by Crippen LogP contribution is 2.28. The van der Waals surface area contributed by atoms with Crippen LogP contribution in [0, 0.1) is 18.3 Å². The minimum absolute atomic E-state index is 0.00241. The first kappa shape index (κ1) is 14.5. The summed E-state index contributed by atoms with van der Waals surface area (Å²) in [5, 5.41) is 9.42. The number of furan rings is 1. The van der Waals surface area contributed by atoms with E-state index in [2.05, 4.69) is 15.0 Å². The smallest absolute Gasteiger partial charge is 0.237 e. The predicted octanol–water partition coefficient (Wildman–Crippen LogP) is 2.47. The number of anilines is 1. The van der Waals surface area contributed by atoms with E-state index in [4.69, 9.17) is 14.9 Å². The van der Waals surface area contributed by atoms with Crippen molar-refractivity contribution in [2.45, 2.75) is 13.5 Å². The molecule has 7 nitrogen and oxygen atoms in total. The summed E-state index contributed by atoms with van der Waals surface area (Å²) in [6, 6.07) is 9.21. The second-order valence-electron chi connectivity index (χ2n) is 4.81. The lowest BCUT2D eigenvalue weighted by atomic mass is 10.2. The lowest BCUT2D eigenvalue weighted by molar-refractivity contribution is 0.288. The highest BCUT2D eigenvalue weighted by molar-refractivity contribution is 5.65. The molecule has 7 heteroatoms. The van der Waals surface area contributed by atoms with Crippen LogP contribution in [0.25, 0.3) is 11.5 Å². The number of pyridine rings is 1. The number of nitrogens with two attached hydrogens (primary N) is 1. The molecule has 0 atom stereocenters. The summed E-state index contributed by atoms with van der Waals surface area (Å²) < 4.78 is 10.9. The van der Waals surface area contributed by atoms with Crippen molar-refractivity contribution in [3.8, 4) is 23.4 Å². The van der Waals surface area contributed by atoms with Gasteiger partial charge in [0.25, 0.3) is 0 Å². The van der Waals surface area contributed by atoms with E-state index in [1.165, 1.54) is 6.26 Å². The van der Waals surface area contributed by atoms with Gasteiger partial charge in [-0.2, -0.15) is 10.2 Å². The van der Waals surface area contributed by atoms with Crippen LogP contribution in [-0.2, 0) is 6.61 Å². The van der Waals surface area contributed by atoms with Gasteiger partial charge in [0.2, 0.25) is 11.8 Å². The van der Waals surface area contributed by atoms with Gasteiger partial charge in [0.05, 0.1) is 12.0 Å². The number of nitrogens with zero attached hydrogens (tertiary/aromatic N) is 4. The van der Waals surface area contributed by atoms with Gasteiger partial charge in [-0.05, 0) is 36.8 Å². The number of nitrogen functional groups attached to an aromatic ring is 1. The van der Waals surface area contributed by atoms with E-state index in [1.54, 1.807) is 18.3 Å². The number of nitriles is 1. The average Bonchev–Trinajstić information content (AvgIpc) is 3.06. The van der Waals surface area contributed by atoms with Gasteiger partial charge in [-0.1, -0.05) is 0 Å². The van der Waals surface area contributed by atoms with Gasteiger partial charge in [-0.3, -0.25) is 4.98 Å². The van der Waals surface area contributed by atoms with Crippen LogP contribution >= 0.6 is 0 Å². The summed E-state index contributed by atoms with van der Waals surface area (Å²) in [6.45, 7) is 2.13. The maximum absolute atomic E-state index is 9.42. The zero-order valence-electron chi connectivity index (χ0n) is 12.4. The number of rotatable bonds is 4. The molecule has 0 spiro atoms. The van der Waals surface area contributed by atoms with E-state index in [0.29, 0.717) is 11.5 Å². The molecular formula is C16H13N5O2. The first-order valence-electron chi connectivity index (χ1n) is 6.83. The van der Waals surface area contributed by atoms with Crippen LogP contribution in [0.4, 0.5) is 5.95 Å². The molecule has 0 bridgehead atoms. The third-order valence-corrected chi connectivity index (χ3v) is 3.09. The number of aromatic nitrogens is 3. The number of aryl methyl sites for hydroxylation is 1. The van der Waals surface area contributed by atoms with Crippen molar-refractivity contribution in [2.75, 3.05) is 5.73 Å². The standard InChI is InChI=1S/C16H13N5O2/c1-10-4-5-19-11(7-10)9-23-15-12(8-17)14(20-16(18)21-15)13-3-2-6-22-13/h2-7H,9H2,1H3,(H2,18,20,21). The zero-order valence-corrected chi connectivity index (χ0v) is 12.4. The maximum Gasteiger partial charge on any atom is 0.237 e. The normalized spacial score (nSPS) is 10.3. The molecule has 0 aliphatic rings. The summed E-state index contributed by atoms with van der Waals surface area (Å²) in [6.07, 6.45) is 3.19. The SMILES string of the molecule is Cc1ccnc(COc2nc(N)nc(-c3ccco3)c2C#N)c1. The molecule has 0 aliphatic heterocycles. The molecule has 3 heterocycles. The van der Waals surface area contributed by atoms with Crippen LogP contribution in [0.3, 0.4) is 0 Å². The van der Waals surface area contributed by atoms with Gasteiger partial charge in [-0.25, -0.2) is 4.98 Å². The molecular weight excluding hydrogens is 294 g/mol. The lowest BCUT2D eigenvalue weighted by Crippen LogP contribution is -2.06. The maximum atomic E-state index is 9.42. The minimum Gasteiger partial charge on any atom is -0.470 e. The molecule has 0 aliphatic carbocycles.